The van der Waals surface area contributed by atoms with Crippen molar-refractivity contribution in [3.63, 3.8) is 0 Å². The van der Waals surface area contributed by atoms with Crippen LogP contribution in [0.3, 0.4) is 0 Å². The molecule has 1 heterocycles. The Morgan fingerprint density at radius 1 is 0.952 bits per heavy atom. The second-order valence-electron chi connectivity index (χ2n) is 7.15. The van der Waals surface area contributed by atoms with Crippen LogP contribution >= 0.6 is 0 Å². The molecular weight excluding hydrogens is 256 g/mol. The van der Waals surface area contributed by atoms with Crippen LogP contribution in [-0.2, 0) is 0 Å². The maximum Gasteiger partial charge on any atom is 0.0504 e. The zero-order chi connectivity index (χ0) is 14.9. The van der Waals surface area contributed by atoms with Crippen molar-refractivity contribution >= 4 is 0 Å². The summed E-state index contributed by atoms with van der Waals surface area (Å²) in [6, 6.07) is 7.54. The van der Waals surface area contributed by atoms with E-state index in [9.17, 15) is 0 Å². The van der Waals surface area contributed by atoms with E-state index in [1.807, 2.05) is 0 Å². The van der Waals surface area contributed by atoms with Gasteiger partial charge in [-0.05, 0) is 65.2 Å². The molecule has 1 aromatic carbocycles. The van der Waals surface area contributed by atoms with E-state index in [0.717, 1.165) is 0 Å². The highest BCUT2D eigenvalue weighted by Gasteiger charge is 2.46. The molecule has 21 heavy (non-hydrogen) atoms. The number of benzene rings is 1. The molecule has 2 nitrogen and oxygen atoms in total. The molecule has 3 rings (SSSR count). The van der Waals surface area contributed by atoms with Crippen LogP contribution in [0.15, 0.2) is 18.2 Å². The Hall–Kier alpha value is -0.860. The minimum Gasteiger partial charge on any atom is -0.311 e. The number of nitrogens with zero attached hydrogens (tertiary/aromatic N) is 1. The first-order valence-corrected chi connectivity index (χ1v) is 8.66. The average molecular weight is 286 g/mol. The van der Waals surface area contributed by atoms with Crippen LogP contribution in [0.1, 0.15) is 61.3 Å². The van der Waals surface area contributed by atoms with Gasteiger partial charge in [0.1, 0.15) is 0 Å². The van der Waals surface area contributed by atoms with Crippen LogP contribution < -0.4 is 5.32 Å². The second-order valence-corrected chi connectivity index (χ2v) is 7.15. The monoisotopic (exact) mass is 286 g/mol. The molecule has 1 aliphatic heterocycles. The molecule has 0 aromatic heterocycles. The van der Waals surface area contributed by atoms with Gasteiger partial charge in [0.05, 0.1) is 6.04 Å². The van der Waals surface area contributed by atoms with E-state index in [4.69, 9.17) is 0 Å². The van der Waals surface area contributed by atoms with Gasteiger partial charge in [0.2, 0.25) is 0 Å². The molecule has 1 saturated heterocycles. The Bertz CT molecular complexity index is 462. The molecule has 1 aromatic rings. The molecule has 2 fully saturated rings. The third-order valence-corrected chi connectivity index (χ3v) is 5.61. The highest BCUT2D eigenvalue weighted by Crippen LogP contribution is 2.46. The maximum absolute atomic E-state index is 3.69. The maximum atomic E-state index is 3.69. The lowest BCUT2D eigenvalue weighted by Gasteiger charge is -2.45. The van der Waals surface area contributed by atoms with Crippen molar-refractivity contribution in [3.8, 4) is 0 Å². The Balaban J connectivity index is 1.98. The predicted molar refractivity (Wildman–Crippen MR) is 89.7 cm³/mol. The Labute approximate surface area is 129 Å². The zero-order valence-electron chi connectivity index (χ0n) is 13.9. The Kier molecular flexibility index (Phi) is 4.37. The smallest absolute Gasteiger partial charge is 0.0504 e. The lowest BCUT2D eigenvalue weighted by Crippen LogP contribution is -2.53. The van der Waals surface area contributed by atoms with Crippen molar-refractivity contribution in [2.24, 2.45) is 0 Å². The predicted octanol–water partition coefficient (Wildman–Crippen LogP) is 3.97. The van der Waals surface area contributed by atoms with E-state index >= 15 is 0 Å². The molecule has 116 valence electrons. The van der Waals surface area contributed by atoms with Gasteiger partial charge in [-0.15, -0.1) is 0 Å². The van der Waals surface area contributed by atoms with E-state index < -0.39 is 0 Å². The third-order valence-electron chi connectivity index (χ3n) is 5.61. The van der Waals surface area contributed by atoms with Crippen LogP contribution in [0.4, 0.5) is 0 Å². The first-order valence-electron chi connectivity index (χ1n) is 8.66. The molecule has 1 N–H and O–H groups in total. The van der Waals surface area contributed by atoms with Crippen LogP contribution in [0.2, 0.25) is 0 Å². The SMILES string of the molecule is CNC(c1cc(C)cc(C)c1)C1(N2CCCC2)CCCC1. The molecular formula is C19H30N2. The Morgan fingerprint density at radius 3 is 2.05 bits per heavy atom. The van der Waals surface area contributed by atoms with Gasteiger partial charge >= 0.3 is 0 Å². The molecule has 1 atom stereocenters. The number of likely N-dealkylation sites (tertiary alicyclic amines) is 1. The number of likely N-dealkylation sites (N-methyl/N-ethyl adjacent to an activating group) is 1. The first-order chi connectivity index (χ1) is 10.2. The van der Waals surface area contributed by atoms with Gasteiger partial charge in [-0.1, -0.05) is 42.2 Å². The summed E-state index contributed by atoms with van der Waals surface area (Å²) < 4.78 is 0. The molecule has 1 saturated carbocycles. The fraction of sp³-hybridized carbons (Fsp3) is 0.684. The van der Waals surface area contributed by atoms with E-state index in [0.29, 0.717) is 11.6 Å². The molecule has 0 bridgehead atoms. The normalized spacial score (nSPS) is 23.6. The molecule has 2 aliphatic rings. The second kappa shape index (κ2) is 6.10. The number of aryl methyl sites for hydroxylation is 2. The lowest BCUT2D eigenvalue weighted by atomic mass is 9.81. The van der Waals surface area contributed by atoms with Gasteiger partial charge in [-0.2, -0.15) is 0 Å². The van der Waals surface area contributed by atoms with Crippen LogP contribution in [0, 0.1) is 13.8 Å². The number of rotatable bonds is 4. The van der Waals surface area contributed by atoms with Crippen molar-refractivity contribution in [1.29, 1.82) is 0 Å². The summed E-state index contributed by atoms with van der Waals surface area (Å²) in [6.45, 7) is 7.03. The fourth-order valence-corrected chi connectivity index (χ4v) is 4.86. The summed E-state index contributed by atoms with van der Waals surface area (Å²) in [4.78, 5) is 2.80. The largest absolute Gasteiger partial charge is 0.311 e. The van der Waals surface area contributed by atoms with Crippen LogP contribution in [-0.4, -0.2) is 30.6 Å². The average Bonchev–Trinajstić information content (AvgIpc) is 3.10. The summed E-state index contributed by atoms with van der Waals surface area (Å²) >= 11 is 0. The van der Waals surface area contributed by atoms with Crippen molar-refractivity contribution in [2.75, 3.05) is 20.1 Å². The molecule has 0 radical (unpaired) electrons. The summed E-state index contributed by atoms with van der Waals surface area (Å²) in [6.07, 6.45) is 8.24. The van der Waals surface area contributed by atoms with Gasteiger partial charge in [0.15, 0.2) is 0 Å². The van der Waals surface area contributed by atoms with Gasteiger partial charge in [-0.3, -0.25) is 4.90 Å². The quantitative estimate of drug-likeness (QED) is 0.901. The number of hydrogen-bond donors (Lipinski definition) is 1. The third kappa shape index (κ3) is 2.76. The minimum absolute atomic E-state index is 0.353. The molecule has 2 heteroatoms. The zero-order valence-corrected chi connectivity index (χ0v) is 13.9. The van der Waals surface area contributed by atoms with E-state index in [1.165, 1.54) is 68.3 Å². The summed E-state index contributed by atoms with van der Waals surface area (Å²) in [5.74, 6) is 0. The Morgan fingerprint density at radius 2 is 1.52 bits per heavy atom. The number of nitrogens with one attached hydrogen (secondary N) is 1. The van der Waals surface area contributed by atoms with E-state index in [1.54, 1.807) is 0 Å². The molecule has 1 unspecified atom stereocenters. The number of hydrogen-bond acceptors (Lipinski definition) is 2. The summed E-state index contributed by atoms with van der Waals surface area (Å²) in [5, 5.41) is 3.69. The molecule has 0 spiro atoms. The van der Waals surface area contributed by atoms with Crippen LogP contribution in [0.5, 0.6) is 0 Å². The van der Waals surface area contributed by atoms with Gasteiger partial charge in [-0.25, -0.2) is 0 Å². The van der Waals surface area contributed by atoms with Crippen molar-refractivity contribution in [1.82, 2.24) is 10.2 Å². The lowest BCUT2D eigenvalue weighted by molar-refractivity contribution is 0.0796. The van der Waals surface area contributed by atoms with E-state index in [-0.39, 0.29) is 0 Å². The van der Waals surface area contributed by atoms with Crippen molar-refractivity contribution < 1.29 is 0 Å². The summed E-state index contributed by atoms with van der Waals surface area (Å²) in [7, 11) is 2.15. The highest BCUT2D eigenvalue weighted by atomic mass is 15.2. The van der Waals surface area contributed by atoms with Gasteiger partial charge in [0, 0.05) is 5.54 Å². The van der Waals surface area contributed by atoms with Crippen molar-refractivity contribution in [2.45, 2.75) is 64.0 Å². The minimum atomic E-state index is 0.353. The fourth-order valence-electron chi connectivity index (χ4n) is 4.86. The molecule has 0 amide bonds. The van der Waals surface area contributed by atoms with Gasteiger partial charge < -0.3 is 5.32 Å². The molecule has 1 aliphatic carbocycles. The van der Waals surface area contributed by atoms with E-state index in [2.05, 4.69) is 49.3 Å². The van der Waals surface area contributed by atoms with Gasteiger partial charge in [0.25, 0.3) is 0 Å². The topological polar surface area (TPSA) is 15.3 Å². The first kappa shape index (κ1) is 15.1. The van der Waals surface area contributed by atoms with Crippen molar-refractivity contribution in [3.05, 3.63) is 34.9 Å². The standard InChI is InChI=1S/C19H30N2/c1-15-12-16(2)14-17(13-15)18(20-3)19(8-4-5-9-19)21-10-6-7-11-21/h12-14,18,20H,4-11H2,1-3H3. The summed E-state index contributed by atoms with van der Waals surface area (Å²) in [5.41, 5.74) is 4.62. The highest BCUT2D eigenvalue weighted by molar-refractivity contribution is 5.33. The van der Waals surface area contributed by atoms with Crippen LogP contribution in [0.25, 0.3) is 0 Å².